The highest BCUT2D eigenvalue weighted by Crippen LogP contribution is 2.32. The molecule has 5 nitrogen and oxygen atoms in total. The number of hydrogen-bond acceptors (Lipinski definition) is 4. The van der Waals surface area contributed by atoms with Crippen LogP contribution >= 0.6 is 15.9 Å². The lowest BCUT2D eigenvalue weighted by Crippen LogP contribution is -2.62. The van der Waals surface area contributed by atoms with Crippen LogP contribution in [0.1, 0.15) is 26.2 Å². The number of fused-ring (bicyclic) bond motifs is 1. The first kappa shape index (κ1) is 17.9. The van der Waals surface area contributed by atoms with Crippen molar-refractivity contribution in [3.8, 4) is 0 Å². The molecular weight excluding hydrogens is 392 g/mol. The minimum Gasteiger partial charge on any atom is -0.306 e. The highest BCUT2D eigenvalue weighted by Gasteiger charge is 2.49. The summed E-state index contributed by atoms with van der Waals surface area (Å²) in [6, 6.07) is 7.14. The molecule has 0 spiro atoms. The van der Waals surface area contributed by atoms with Crippen molar-refractivity contribution < 1.29 is 13.2 Å². The lowest BCUT2D eigenvalue weighted by molar-refractivity contribution is -0.123. The number of nitrogens with zero attached hydrogens (tertiary/aromatic N) is 2. The zero-order valence-corrected chi connectivity index (χ0v) is 16.2. The van der Waals surface area contributed by atoms with Crippen molar-refractivity contribution in [1.29, 1.82) is 0 Å². The van der Waals surface area contributed by atoms with Crippen molar-refractivity contribution in [2.45, 2.75) is 38.3 Å². The molecular formula is C17H23BrN2O3S. The quantitative estimate of drug-likeness (QED) is 0.694. The Balaban J connectivity index is 1.87. The van der Waals surface area contributed by atoms with E-state index in [4.69, 9.17) is 0 Å². The van der Waals surface area contributed by atoms with Crippen LogP contribution in [0, 0.1) is 0 Å². The molecule has 24 heavy (non-hydrogen) atoms. The van der Waals surface area contributed by atoms with Crippen LogP contribution in [0.2, 0.25) is 0 Å². The van der Waals surface area contributed by atoms with Crippen LogP contribution in [0.5, 0.6) is 0 Å². The second-order valence-corrected chi connectivity index (χ2v) is 9.70. The van der Waals surface area contributed by atoms with Gasteiger partial charge in [0.25, 0.3) is 0 Å². The molecule has 2 aliphatic rings. The van der Waals surface area contributed by atoms with E-state index in [0.717, 1.165) is 36.0 Å². The van der Waals surface area contributed by atoms with Gasteiger partial charge in [-0.05, 0) is 37.2 Å². The molecule has 7 heteroatoms. The second kappa shape index (κ2) is 7.14. The van der Waals surface area contributed by atoms with E-state index in [1.54, 1.807) is 4.90 Å². The maximum absolute atomic E-state index is 12.8. The van der Waals surface area contributed by atoms with Crippen LogP contribution in [0.15, 0.2) is 28.7 Å². The van der Waals surface area contributed by atoms with Gasteiger partial charge in [-0.3, -0.25) is 9.69 Å². The molecule has 0 aromatic heterocycles. The van der Waals surface area contributed by atoms with Gasteiger partial charge in [-0.15, -0.1) is 0 Å². The number of piperazine rings is 1. The van der Waals surface area contributed by atoms with Crippen LogP contribution in [-0.2, 0) is 14.6 Å². The number of benzene rings is 1. The van der Waals surface area contributed by atoms with Gasteiger partial charge in [0.1, 0.15) is 0 Å². The third kappa shape index (κ3) is 3.68. The normalized spacial score (nSPS) is 26.6. The largest absolute Gasteiger partial charge is 0.306 e. The van der Waals surface area contributed by atoms with Crippen molar-refractivity contribution in [2.24, 2.45) is 0 Å². The molecule has 0 radical (unpaired) electrons. The number of hydrogen-bond donors (Lipinski definition) is 0. The molecule has 2 fully saturated rings. The number of carbonyl (C=O) groups is 1. The van der Waals surface area contributed by atoms with Crippen LogP contribution in [0.25, 0.3) is 0 Å². The fourth-order valence-corrected chi connectivity index (χ4v) is 5.95. The van der Waals surface area contributed by atoms with Gasteiger partial charge in [0.2, 0.25) is 5.91 Å². The highest BCUT2D eigenvalue weighted by molar-refractivity contribution is 9.10. The van der Waals surface area contributed by atoms with Gasteiger partial charge in [-0.1, -0.05) is 35.7 Å². The molecule has 1 amide bonds. The lowest BCUT2D eigenvalue weighted by Gasteiger charge is -2.43. The van der Waals surface area contributed by atoms with Crippen molar-refractivity contribution >= 4 is 37.4 Å². The summed E-state index contributed by atoms with van der Waals surface area (Å²) in [5.41, 5.74) is 0.781. The summed E-state index contributed by atoms with van der Waals surface area (Å²) in [7, 11) is -3.11. The number of unbranched alkanes of at least 4 members (excludes halogenated alkanes) is 2. The van der Waals surface area contributed by atoms with Crippen LogP contribution in [0.3, 0.4) is 0 Å². The van der Waals surface area contributed by atoms with E-state index >= 15 is 0 Å². The zero-order chi connectivity index (χ0) is 17.3. The van der Waals surface area contributed by atoms with Crippen molar-refractivity contribution in [2.75, 3.05) is 29.5 Å². The van der Waals surface area contributed by atoms with E-state index in [-0.39, 0.29) is 29.5 Å². The number of amides is 1. The zero-order valence-electron chi connectivity index (χ0n) is 13.8. The standard InChI is InChI=1S/C17H23BrN2O3S/c1-2-3-4-9-19-10-17(21)20(14-7-5-13(18)6-8-14)16-12-24(22,23)11-15(16)19/h5-8,15-16H,2-4,9-12H2,1H3. The summed E-state index contributed by atoms with van der Waals surface area (Å²) in [4.78, 5) is 16.5. The summed E-state index contributed by atoms with van der Waals surface area (Å²) in [5, 5.41) is 0. The minimum atomic E-state index is -3.11. The molecule has 2 atom stereocenters. The molecule has 1 aromatic carbocycles. The van der Waals surface area contributed by atoms with Crippen LogP contribution in [0.4, 0.5) is 5.69 Å². The van der Waals surface area contributed by atoms with Crippen molar-refractivity contribution in [3.63, 3.8) is 0 Å². The Morgan fingerprint density at radius 1 is 1.12 bits per heavy atom. The topological polar surface area (TPSA) is 57.7 Å². The summed E-state index contributed by atoms with van der Waals surface area (Å²) >= 11 is 3.40. The molecule has 0 aliphatic carbocycles. The Morgan fingerprint density at radius 3 is 2.46 bits per heavy atom. The van der Waals surface area contributed by atoms with Gasteiger partial charge >= 0.3 is 0 Å². The number of halogens is 1. The van der Waals surface area contributed by atoms with Gasteiger partial charge in [-0.2, -0.15) is 0 Å². The monoisotopic (exact) mass is 414 g/mol. The average Bonchev–Trinajstić information content (AvgIpc) is 2.84. The fourth-order valence-electron chi connectivity index (χ4n) is 3.70. The third-order valence-corrected chi connectivity index (χ3v) is 7.08. The predicted octanol–water partition coefficient (Wildman–Crippen LogP) is 2.45. The number of rotatable bonds is 5. The van der Waals surface area contributed by atoms with Gasteiger partial charge < -0.3 is 4.90 Å². The Kier molecular flexibility index (Phi) is 5.32. The number of sulfone groups is 1. The predicted molar refractivity (Wildman–Crippen MR) is 99.0 cm³/mol. The molecule has 3 rings (SSSR count). The summed E-state index contributed by atoms with van der Waals surface area (Å²) < 4.78 is 25.4. The molecule has 0 N–H and O–H groups in total. The molecule has 2 unspecified atom stereocenters. The SMILES string of the molecule is CCCCCN1CC(=O)N(c2ccc(Br)cc2)C2CS(=O)(=O)CC21. The maximum Gasteiger partial charge on any atom is 0.241 e. The van der Waals surface area contributed by atoms with Gasteiger partial charge in [0.05, 0.1) is 24.1 Å². The average molecular weight is 415 g/mol. The first-order chi connectivity index (χ1) is 11.4. The molecule has 2 aliphatic heterocycles. The fraction of sp³-hybridized carbons (Fsp3) is 0.588. The smallest absolute Gasteiger partial charge is 0.241 e. The van der Waals surface area contributed by atoms with Gasteiger partial charge in [0, 0.05) is 16.2 Å². The minimum absolute atomic E-state index is 0.00725. The summed E-state index contributed by atoms with van der Waals surface area (Å²) in [6.45, 7) is 3.24. The summed E-state index contributed by atoms with van der Waals surface area (Å²) in [6.07, 6.45) is 3.22. The Bertz CT molecular complexity index is 705. The molecule has 2 heterocycles. The Hall–Kier alpha value is -0.920. The molecule has 1 aromatic rings. The molecule has 0 bridgehead atoms. The Morgan fingerprint density at radius 2 is 1.79 bits per heavy atom. The van der Waals surface area contributed by atoms with Gasteiger partial charge in [-0.25, -0.2) is 8.42 Å². The van der Waals surface area contributed by atoms with E-state index in [2.05, 4.69) is 27.8 Å². The van der Waals surface area contributed by atoms with E-state index in [1.165, 1.54) is 0 Å². The van der Waals surface area contributed by atoms with Crippen molar-refractivity contribution in [3.05, 3.63) is 28.7 Å². The maximum atomic E-state index is 12.8. The van der Waals surface area contributed by atoms with Crippen LogP contribution < -0.4 is 4.90 Å². The first-order valence-corrected chi connectivity index (χ1v) is 11.0. The summed E-state index contributed by atoms with van der Waals surface area (Å²) in [5.74, 6) is 0.209. The second-order valence-electron chi connectivity index (χ2n) is 6.63. The number of anilines is 1. The molecule has 132 valence electrons. The van der Waals surface area contributed by atoms with Gasteiger partial charge in [0.15, 0.2) is 9.84 Å². The molecule has 2 saturated heterocycles. The molecule has 0 saturated carbocycles. The van der Waals surface area contributed by atoms with Crippen molar-refractivity contribution in [1.82, 2.24) is 4.90 Å². The third-order valence-electron chi connectivity index (χ3n) is 4.85. The first-order valence-electron chi connectivity index (χ1n) is 8.43. The van der Waals surface area contributed by atoms with Crippen LogP contribution in [-0.4, -0.2) is 55.9 Å². The lowest BCUT2D eigenvalue weighted by atomic mass is 10.0. The van der Waals surface area contributed by atoms with E-state index in [1.807, 2.05) is 24.3 Å². The Labute approximate surface area is 152 Å². The van der Waals surface area contributed by atoms with E-state index < -0.39 is 9.84 Å². The van der Waals surface area contributed by atoms with E-state index in [0.29, 0.717) is 6.54 Å². The highest BCUT2D eigenvalue weighted by atomic mass is 79.9. The number of carbonyl (C=O) groups excluding carboxylic acids is 1. The van der Waals surface area contributed by atoms with E-state index in [9.17, 15) is 13.2 Å².